The third-order valence-corrected chi connectivity index (χ3v) is 5.87. The van der Waals surface area contributed by atoms with Crippen LogP contribution in [0.25, 0.3) is 0 Å². The molecule has 110 valence electrons. The second kappa shape index (κ2) is 5.18. The van der Waals surface area contributed by atoms with E-state index in [9.17, 15) is 18.3 Å². The quantitative estimate of drug-likeness (QED) is 0.924. The topological polar surface area (TPSA) is 74.7 Å². The molecule has 1 aromatic rings. The van der Waals surface area contributed by atoms with Crippen LogP contribution in [0.5, 0.6) is 0 Å². The first-order valence-electron chi connectivity index (χ1n) is 6.57. The number of hydrogen-bond donors (Lipinski definition) is 1. The molecule has 0 radical (unpaired) electrons. The largest absolute Gasteiger partial charge is 0.480 e. The molecule has 0 bridgehead atoms. The van der Waals surface area contributed by atoms with Gasteiger partial charge in [-0.25, -0.2) is 8.42 Å². The van der Waals surface area contributed by atoms with Crippen LogP contribution in [0.1, 0.15) is 29.5 Å². The molecule has 1 saturated heterocycles. The van der Waals surface area contributed by atoms with Gasteiger partial charge in [-0.15, -0.1) is 0 Å². The number of rotatable bonds is 3. The molecular formula is C14H19NO4S. The third kappa shape index (κ3) is 2.45. The van der Waals surface area contributed by atoms with E-state index in [1.807, 2.05) is 19.1 Å². The van der Waals surface area contributed by atoms with Gasteiger partial charge in [-0.3, -0.25) is 4.79 Å². The van der Waals surface area contributed by atoms with E-state index in [-0.39, 0.29) is 11.4 Å². The minimum absolute atomic E-state index is 0.247. The summed E-state index contributed by atoms with van der Waals surface area (Å²) in [4.78, 5) is 11.5. The lowest BCUT2D eigenvalue weighted by Crippen LogP contribution is -2.40. The zero-order valence-corrected chi connectivity index (χ0v) is 12.7. The molecule has 1 fully saturated rings. The Morgan fingerprint density at radius 3 is 2.30 bits per heavy atom. The summed E-state index contributed by atoms with van der Waals surface area (Å²) in [5, 5.41) is 9.17. The zero-order chi connectivity index (χ0) is 15.1. The second-order valence-electron chi connectivity index (χ2n) is 5.34. The highest BCUT2D eigenvalue weighted by Crippen LogP contribution is 2.30. The van der Waals surface area contributed by atoms with Crippen molar-refractivity contribution >= 4 is 16.0 Å². The van der Waals surface area contributed by atoms with Crippen LogP contribution in [0.3, 0.4) is 0 Å². The first-order chi connectivity index (χ1) is 9.25. The van der Waals surface area contributed by atoms with E-state index in [0.29, 0.717) is 24.0 Å². The Bertz CT molecular complexity index is 628. The monoisotopic (exact) mass is 297 g/mol. The summed E-state index contributed by atoms with van der Waals surface area (Å²) in [6.45, 7) is 5.68. The van der Waals surface area contributed by atoms with Crippen LogP contribution in [0, 0.1) is 20.8 Å². The minimum atomic E-state index is -3.76. The van der Waals surface area contributed by atoms with Gasteiger partial charge in [0.25, 0.3) is 0 Å². The Labute approximate surface area is 119 Å². The Kier molecular flexibility index (Phi) is 3.88. The normalized spacial score (nSPS) is 20.2. The van der Waals surface area contributed by atoms with Gasteiger partial charge in [0.2, 0.25) is 10.0 Å². The fraction of sp³-hybridized carbons (Fsp3) is 0.500. The number of aryl methyl sites for hydroxylation is 3. The lowest BCUT2D eigenvalue weighted by atomic mass is 10.1. The molecule has 6 heteroatoms. The van der Waals surface area contributed by atoms with Crippen molar-refractivity contribution in [3.05, 3.63) is 28.8 Å². The molecule has 20 heavy (non-hydrogen) atoms. The molecule has 5 nitrogen and oxygen atoms in total. The number of carboxylic acid groups (broad SMARTS) is 1. The van der Waals surface area contributed by atoms with Crippen molar-refractivity contribution in [2.75, 3.05) is 6.54 Å². The smallest absolute Gasteiger partial charge is 0.322 e. The van der Waals surface area contributed by atoms with Crippen molar-refractivity contribution in [2.24, 2.45) is 0 Å². The molecule has 1 aliphatic rings. The fourth-order valence-electron chi connectivity index (χ4n) is 2.97. The summed E-state index contributed by atoms with van der Waals surface area (Å²) in [5.41, 5.74) is 2.33. The SMILES string of the molecule is Cc1cc(C)c(S(=O)(=O)N2CCC[C@H]2C(=O)O)c(C)c1. The standard InChI is InChI=1S/C14H19NO4S/c1-9-7-10(2)13(11(3)8-9)20(18,19)15-6-4-5-12(15)14(16)17/h7-8,12H,4-6H2,1-3H3,(H,16,17)/t12-/m0/s1. The fourth-order valence-corrected chi connectivity index (χ4v) is 5.03. The van der Waals surface area contributed by atoms with E-state index in [1.165, 1.54) is 0 Å². The van der Waals surface area contributed by atoms with Crippen molar-refractivity contribution in [1.29, 1.82) is 0 Å². The maximum Gasteiger partial charge on any atom is 0.322 e. The minimum Gasteiger partial charge on any atom is -0.480 e. The summed E-state index contributed by atoms with van der Waals surface area (Å²) in [6.07, 6.45) is 0.957. The molecule has 0 aliphatic carbocycles. The predicted octanol–water partition coefficient (Wildman–Crippen LogP) is 1.85. The van der Waals surface area contributed by atoms with Crippen LogP contribution < -0.4 is 0 Å². The number of aliphatic carboxylic acids is 1. The molecule has 2 rings (SSSR count). The molecule has 1 atom stereocenters. The molecule has 0 amide bonds. The lowest BCUT2D eigenvalue weighted by Gasteiger charge is -2.23. The van der Waals surface area contributed by atoms with Crippen molar-refractivity contribution in [3.63, 3.8) is 0 Å². The molecule has 1 N–H and O–H groups in total. The van der Waals surface area contributed by atoms with Crippen molar-refractivity contribution in [2.45, 2.75) is 44.6 Å². The van der Waals surface area contributed by atoms with Gasteiger partial charge in [-0.05, 0) is 44.7 Å². The van der Waals surface area contributed by atoms with Gasteiger partial charge in [0.05, 0.1) is 4.90 Å². The van der Waals surface area contributed by atoms with Crippen molar-refractivity contribution in [1.82, 2.24) is 4.31 Å². The Morgan fingerprint density at radius 1 is 1.25 bits per heavy atom. The van der Waals surface area contributed by atoms with E-state index in [4.69, 9.17) is 0 Å². The highest BCUT2D eigenvalue weighted by atomic mass is 32.2. The van der Waals surface area contributed by atoms with Crippen molar-refractivity contribution < 1.29 is 18.3 Å². The third-order valence-electron chi connectivity index (χ3n) is 3.66. The maximum atomic E-state index is 12.8. The second-order valence-corrected chi connectivity index (χ2v) is 7.17. The van der Waals surface area contributed by atoms with Gasteiger partial charge in [0, 0.05) is 6.54 Å². The molecule has 0 unspecified atom stereocenters. The molecule has 0 spiro atoms. The van der Waals surface area contributed by atoms with Crippen LogP contribution in [0.2, 0.25) is 0 Å². The van der Waals surface area contributed by atoms with E-state index < -0.39 is 22.0 Å². The number of nitrogens with zero attached hydrogens (tertiary/aromatic N) is 1. The van der Waals surface area contributed by atoms with Crippen molar-refractivity contribution in [3.8, 4) is 0 Å². The highest BCUT2D eigenvalue weighted by molar-refractivity contribution is 7.89. The van der Waals surface area contributed by atoms with Crippen LogP contribution in [-0.2, 0) is 14.8 Å². The maximum absolute atomic E-state index is 12.8. The average molecular weight is 297 g/mol. The van der Waals surface area contributed by atoms with Crippen LogP contribution in [0.4, 0.5) is 0 Å². The summed E-state index contributed by atoms with van der Waals surface area (Å²) in [6, 6.07) is 2.68. The predicted molar refractivity (Wildman–Crippen MR) is 75.2 cm³/mol. The molecule has 0 saturated carbocycles. The summed E-state index contributed by atoms with van der Waals surface area (Å²) in [7, 11) is -3.76. The van der Waals surface area contributed by atoms with E-state index >= 15 is 0 Å². The van der Waals surface area contributed by atoms with E-state index in [2.05, 4.69) is 0 Å². The van der Waals surface area contributed by atoms with Gasteiger partial charge in [0.15, 0.2) is 0 Å². The number of sulfonamides is 1. The number of benzene rings is 1. The number of carbonyl (C=O) groups is 1. The molecule has 1 heterocycles. The first-order valence-corrected chi connectivity index (χ1v) is 8.01. The summed E-state index contributed by atoms with van der Waals surface area (Å²) < 4.78 is 26.7. The first kappa shape index (κ1) is 15.0. The van der Waals surface area contributed by atoms with Gasteiger partial charge in [0.1, 0.15) is 6.04 Å². The molecule has 1 aromatic carbocycles. The van der Waals surface area contributed by atoms with Gasteiger partial charge < -0.3 is 5.11 Å². The molecule has 0 aromatic heterocycles. The Balaban J connectivity index is 2.54. The Morgan fingerprint density at radius 2 is 1.80 bits per heavy atom. The van der Waals surface area contributed by atoms with Gasteiger partial charge >= 0.3 is 5.97 Å². The highest BCUT2D eigenvalue weighted by Gasteiger charge is 2.40. The molecule has 1 aliphatic heterocycles. The van der Waals surface area contributed by atoms with Crippen LogP contribution in [-0.4, -0.2) is 36.4 Å². The lowest BCUT2D eigenvalue weighted by molar-refractivity contribution is -0.140. The zero-order valence-electron chi connectivity index (χ0n) is 11.9. The van der Waals surface area contributed by atoms with Gasteiger partial charge in [-0.1, -0.05) is 17.7 Å². The van der Waals surface area contributed by atoms with Crippen LogP contribution >= 0.6 is 0 Å². The van der Waals surface area contributed by atoms with Crippen LogP contribution in [0.15, 0.2) is 17.0 Å². The van der Waals surface area contributed by atoms with Gasteiger partial charge in [-0.2, -0.15) is 4.31 Å². The summed E-state index contributed by atoms with van der Waals surface area (Å²) >= 11 is 0. The number of hydrogen-bond acceptors (Lipinski definition) is 3. The summed E-state index contributed by atoms with van der Waals surface area (Å²) in [5.74, 6) is -1.08. The van der Waals surface area contributed by atoms with E-state index in [1.54, 1.807) is 13.8 Å². The van der Waals surface area contributed by atoms with E-state index in [0.717, 1.165) is 9.87 Å². The Hall–Kier alpha value is -1.40. The molecular weight excluding hydrogens is 278 g/mol. The average Bonchev–Trinajstić information content (AvgIpc) is 2.75. The number of carboxylic acids is 1.